The maximum absolute atomic E-state index is 6.08. The second-order valence-electron chi connectivity index (χ2n) is 5.15. The predicted octanol–water partition coefficient (Wildman–Crippen LogP) is 3.23. The minimum absolute atomic E-state index is 0.777. The molecule has 102 valence electrons. The summed E-state index contributed by atoms with van der Waals surface area (Å²) < 4.78 is 2.01. The molecule has 0 aliphatic rings. The predicted molar refractivity (Wildman–Crippen MR) is 84.4 cm³/mol. The fourth-order valence-corrected chi connectivity index (χ4v) is 2.42. The van der Waals surface area contributed by atoms with E-state index in [4.69, 9.17) is 5.73 Å². The van der Waals surface area contributed by atoms with Gasteiger partial charge in [-0.15, -0.1) is 0 Å². The third-order valence-electron chi connectivity index (χ3n) is 3.64. The average molecular weight is 266 g/mol. The topological polar surface area (TPSA) is 47.1 Å². The van der Waals surface area contributed by atoms with Gasteiger partial charge in [0.1, 0.15) is 0 Å². The molecule has 0 aliphatic carbocycles. The van der Waals surface area contributed by atoms with E-state index in [9.17, 15) is 0 Å². The van der Waals surface area contributed by atoms with Crippen LogP contribution in [0, 0.1) is 6.92 Å². The van der Waals surface area contributed by atoms with E-state index in [1.165, 1.54) is 5.56 Å². The molecule has 0 atom stereocenters. The lowest BCUT2D eigenvalue weighted by atomic mass is 10.1. The van der Waals surface area contributed by atoms with Gasteiger partial charge in [0, 0.05) is 19.8 Å². The number of nitrogens with zero attached hydrogens (tertiary/aromatic N) is 3. The van der Waals surface area contributed by atoms with Gasteiger partial charge in [0.15, 0.2) is 0 Å². The fraction of sp³-hybridized carbons (Fsp3) is 0.188. The number of imidazole rings is 1. The number of anilines is 3. The number of benzene rings is 2. The van der Waals surface area contributed by atoms with Crippen molar-refractivity contribution in [2.24, 2.45) is 7.05 Å². The van der Waals surface area contributed by atoms with Gasteiger partial charge >= 0.3 is 0 Å². The van der Waals surface area contributed by atoms with Crippen molar-refractivity contribution in [3.8, 4) is 0 Å². The van der Waals surface area contributed by atoms with Crippen LogP contribution in [0.4, 0.5) is 17.1 Å². The van der Waals surface area contributed by atoms with E-state index in [2.05, 4.69) is 41.1 Å². The monoisotopic (exact) mass is 266 g/mol. The Morgan fingerprint density at radius 3 is 2.75 bits per heavy atom. The van der Waals surface area contributed by atoms with Gasteiger partial charge in [-0.25, -0.2) is 4.98 Å². The number of rotatable bonds is 2. The van der Waals surface area contributed by atoms with Crippen molar-refractivity contribution in [3.05, 3.63) is 48.3 Å². The Kier molecular flexibility index (Phi) is 2.86. The Bertz CT molecular complexity index is 773. The van der Waals surface area contributed by atoms with E-state index in [0.717, 1.165) is 28.1 Å². The lowest BCUT2D eigenvalue weighted by Gasteiger charge is -2.21. The molecule has 0 unspecified atom stereocenters. The molecule has 0 fully saturated rings. The molecular formula is C16H18N4. The molecule has 3 aromatic rings. The van der Waals surface area contributed by atoms with Crippen LogP contribution in [0.15, 0.2) is 42.7 Å². The molecule has 0 saturated heterocycles. The zero-order valence-corrected chi connectivity index (χ0v) is 12.0. The Morgan fingerprint density at radius 2 is 1.95 bits per heavy atom. The fourth-order valence-electron chi connectivity index (χ4n) is 2.42. The third kappa shape index (κ3) is 1.99. The summed E-state index contributed by atoms with van der Waals surface area (Å²) in [6, 6.07) is 12.3. The minimum Gasteiger partial charge on any atom is -0.397 e. The number of hydrogen-bond acceptors (Lipinski definition) is 3. The first-order valence-electron chi connectivity index (χ1n) is 6.57. The molecule has 3 rings (SSSR count). The van der Waals surface area contributed by atoms with E-state index in [1.807, 2.05) is 37.1 Å². The molecule has 0 bridgehead atoms. The van der Waals surface area contributed by atoms with Crippen LogP contribution in [0.1, 0.15) is 5.56 Å². The molecule has 0 radical (unpaired) electrons. The van der Waals surface area contributed by atoms with Gasteiger partial charge in [-0.05, 0) is 42.8 Å². The molecule has 4 nitrogen and oxygen atoms in total. The first-order valence-corrected chi connectivity index (χ1v) is 6.57. The van der Waals surface area contributed by atoms with Gasteiger partial charge in [-0.2, -0.15) is 0 Å². The van der Waals surface area contributed by atoms with Crippen LogP contribution in [0.3, 0.4) is 0 Å². The van der Waals surface area contributed by atoms with Crippen molar-refractivity contribution in [2.45, 2.75) is 6.92 Å². The van der Waals surface area contributed by atoms with Crippen LogP contribution < -0.4 is 10.6 Å². The minimum atomic E-state index is 0.777. The van der Waals surface area contributed by atoms with Crippen LogP contribution in [0.2, 0.25) is 0 Å². The summed E-state index contributed by atoms with van der Waals surface area (Å²) in [4.78, 5) is 6.49. The Hall–Kier alpha value is -2.49. The van der Waals surface area contributed by atoms with Gasteiger partial charge in [-0.3, -0.25) is 0 Å². The normalized spacial score (nSPS) is 10.9. The summed E-state index contributed by atoms with van der Waals surface area (Å²) in [6.45, 7) is 2.07. The average Bonchev–Trinajstić information content (AvgIpc) is 2.82. The summed E-state index contributed by atoms with van der Waals surface area (Å²) >= 11 is 0. The van der Waals surface area contributed by atoms with Crippen molar-refractivity contribution in [1.82, 2.24) is 9.55 Å². The van der Waals surface area contributed by atoms with E-state index in [0.29, 0.717) is 0 Å². The molecule has 2 N–H and O–H groups in total. The number of fused-ring (bicyclic) bond motifs is 1. The molecule has 0 saturated carbocycles. The Balaban J connectivity index is 2.07. The molecule has 0 aliphatic heterocycles. The van der Waals surface area contributed by atoms with Crippen molar-refractivity contribution in [1.29, 1.82) is 0 Å². The molecular weight excluding hydrogens is 248 g/mol. The molecule has 4 heteroatoms. The molecule has 0 spiro atoms. The molecule has 2 aromatic carbocycles. The van der Waals surface area contributed by atoms with Crippen molar-refractivity contribution < 1.29 is 0 Å². The van der Waals surface area contributed by atoms with Gasteiger partial charge in [0.05, 0.1) is 28.7 Å². The largest absolute Gasteiger partial charge is 0.397 e. The van der Waals surface area contributed by atoms with Crippen LogP contribution in [0.5, 0.6) is 0 Å². The second-order valence-corrected chi connectivity index (χ2v) is 5.15. The highest BCUT2D eigenvalue weighted by atomic mass is 15.1. The summed E-state index contributed by atoms with van der Waals surface area (Å²) in [5.74, 6) is 0. The summed E-state index contributed by atoms with van der Waals surface area (Å²) in [5.41, 5.74) is 12.3. The molecule has 0 amide bonds. The quantitative estimate of drug-likeness (QED) is 0.724. The SMILES string of the molecule is Cc1ccc(N)c(N(C)c2ccc3c(c2)ncn3C)c1. The Morgan fingerprint density at radius 1 is 1.15 bits per heavy atom. The highest BCUT2D eigenvalue weighted by Gasteiger charge is 2.09. The van der Waals surface area contributed by atoms with E-state index >= 15 is 0 Å². The molecule has 1 aromatic heterocycles. The number of aryl methyl sites for hydroxylation is 2. The third-order valence-corrected chi connectivity index (χ3v) is 3.64. The smallest absolute Gasteiger partial charge is 0.0955 e. The van der Waals surface area contributed by atoms with E-state index < -0.39 is 0 Å². The van der Waals surface area contributed by atoms with Crippen LogP contribution >= 0.6 is 0 Å². The van der Waals surface area contributed by atoms with Crippen LogP contribution in [-0.4, -0.2) is 16.6 Å². The van der Waals surface area contributed by atoms with Crippen LogP contribution in [-0.2, 0) is 7.05 Å². The summed E-state index contributed by atoms with van der Waals surface area (Å²) in [7, 11) is 4.02. The highest BCUT2D eigenvalue weighted by Crippen LogP contribution is 2.31. The van der Waals surface area contributed by atoms with E-state index in [-0.39, 0.29) is 0 Å². The number of nitrogens with two attached hydrogens (primary N) is 1. The number of aromatic nitrogens is 2. The standard InChI is InChI=1S/C16H18N4/c1-11-4-6-13(17)16(8-11)20(3)12-5-7-15-14(9-12)18-10-19(15)2/h4-10H,17H2,1-3H3. The maximum atomic E-state index is 6.08. The Labute approximate surface area is 118 Å². The van der Waals surface area contributed by atoms with Gasteiger partial charge < -0.3 is 15.2 Å². The number of hydrogen-bond donors (Lipinski definition) is 1. The number of nitrogen functional groups attached to an aromatic ring is 1. The second kappa shape index (κ2) is 4.56. The molecule has 20 heavy (non-hydrogen) atoms. The van der Waals surface area contributed by atoms with Crippen LogP contribution in [0.25, 0.3) is 11.0 Å². The summed E-state index contributed by atoms with van der Waals surface area (Å²) in [5, 5.41) is 0. The molecule has 1 heterocycles. The van der Waals surface area contributed by atoms with E-state index in [1.54, 1.807) is 0 Å². The first kappa shape index (κ1) is 12.5. The lowest BCUT2D eigenvalue weighted by Crippen LogP contribution is -2.11. The zero-order chi connectivity index (χ0) is 14.3. The highest BCUT2D eigenvalue weighted by molar-refractivity contribution is 5.83. The van der Waals surface area contributed by atoms with Crippen molar-refractivity contribution in [2.75, 3.05) is 17.7 Å². The zero-order valence-electron chi connectivity index (χ0n) is 12.0. The maximum Gasteiger partial charge on any atom is 0.0955 e. The van der Waals surface area contributed by atoms with Crippen molar-refractivity contribution in [3.63, 3.8) is 0 Å². The van der Waals surface area contributed by atoms with Gasteiger partial charge in [0.2, 0.25) is 0 Å². The lowest BCUT2D eigenvalue weighted by molar-refractivity contribution is 0.947. The summed E-state index contributed by atoms with van der Waals surface area (Å²) in [6.07, 6.45) is 1.83. The van der Waals surface area contributed by atoms with Gasteiger partial charge in [0.25, 0.3) is 0 Å². The van der Waals surface area contributed by atoms with Gasteiger partial charge in [-0.1, -0.05) is 6.07 Å². The first-order chi connectivity index (χ1) is 9.56. The van der Waals surface area contributed by atoms with Crippen molar-refractivity contribution >= 4 is 28.1 Å².